The van der Waals surface area contributed by atoms with Gasteiger partial charge in [-0.1, -0.05) is 19.1 Å². The summed E-state index contributed by atoms with van der Waals surface area (Å²) < 4.78 is 2.95. The summed E-state index contributed by atoms with van der Waals surface area (Å²) in [4.78, 5) is 16.8. The van der Waals surface area contributed by atoms with E-state index in [-0.39, 0.29) is 5.78 Å². The first-order valence-corrected chi connectivity index (χ1v) is 7.49. The Bertz CT molecular complexity index is 711. The molecule has 3 rings (SSSR count). The molecule has 0 atom stereocenters. The van der Waals surface area contributed by atoms with Crippen molar-refractivity contribution in [3.05, 3.63) is 47.2 Å². The number of thiazole rings is 1. The smallest absolute Gasteiger partial charge is 0.197 e. The van der Waals surface area contributed by atoms with Gasteiger partial charge in [0, 0.05) is 18.4 Å². The number of carbonyl (C=O) groups excluding carboxylic acids is 1. The van der Waals surface area contributed by atoms with Crippen molar-refractivity contribution in [2.24, 2.45) is 0 Å². The van der Waals surface area contributed by atoms with Crippen LogP contribution in [-0.4, -0.2) is 20.5 Å². The van der Waals surface area contributed by atoms with Crippen molar-refractivity contribution in [3.63, 3.8) is 0 Å². The molecule has 0 spiro atoms. The highest BCUT2D eigenvalue weighted by Crippen LogP contribution is 2.22. The topological polar surface area (TPSA) is 47.8 Å². The fourth-order valence-corrected chi connectivity index (χ4v) is 3.06. The molecule has 0 unspecified atom stereocenters. The molecule has 4 nitrogen and oxygen atoms in total. The zero-order valence-electron chi connectivity index (χ0n) is 11.2. The van der Waals surface area contributed by atoms with Gasteiger partial charge in [-0.15, -0.1) is 11.3 Å². The third kappa shape index (κ3) is 2.49. The van der Waals surface area contributed by atoms with Gasteiger partial charge in [-0.2, -0.15) is 5.10 Å². The average molecular weight is 285 g/mol. The largest absolute Gasteiger partial charge is 0.291 e. The molecule has 0 aliphatic rings. The molecule has 2 aromatic heterocycles. The molecule has 20 heavy (non-hydrogen) atoms. The van der Waals surface area contributed by atoms with Gasteiger partial charge in [0.05, 0.1) is 16.6 Å². The number of hydrogen-bond donors (Lipinski definition) is 0. The molecule has 3 aromatic rings. The van der Waals surface area contributed by atoms with Crippen LogP contribution in [0.15, 0.2) is 36.5 Å². The third-order valence-corrected chi connectivity index (χ3v) is 4.19. The van der Waals surface area contributed by atoms with Crippen molar-refractivity contribution < 1.29 is 4.79 Å². The lowest BCUT2D eigenvalue weighted by molar-refractivity contribution is 0.0990. The van der Waals surface area contributed by atoms with E-state index in [1.165, 1.54) is 11.3 Å². The van der Waals surface area contributed by atoms with Crippen LogP contribution in [0.3, 0.4) is 0 Å². The summed E-state index contributed by atoms with van der Waals surface area (Å²) in [6.45, 7) is 2.94. The first-order chi connectivity index (χ1) is 9.78. The number of carbonyl (C=O) groups is 1. The Hall–Kier alpha value is -2.01. The monoisotopic (exact) mass is 285 g/mol. The summed E-state index contributed by atoms with van der Waals surface area (Å²) in [5.74, 6) is 0.0593. The van der Waals surface area contributed by atoms with Gasteiger partial charge in [-0.3, -0.25) is 9.48 Å². The van der Waals surface area contributed by atoms with Crippen LogP contribution in [0.1, 0.15) is 28.8 Å². The van der Waals surface area contributed by atoms with Crippen LogP contribution in [0, 0.1) is 0 Å². The third-order valence-electron chi connectivity index (χ3n) is 3.11. The molecule has 5 heteroatoms. The van der Waals surface area contributed by atoms with Crippen LogP contribution in [0.2, 0.25) is 0 Å². The summed E-state index contributed by atoms with van der Waals surface area (Å²) in [5.41, 5.74) is 1.85. The van der Waals surface area contributed by atoms with Crippen LogP contribution in [0.5, 0.6) is 0 Å². The number of benzene rings is 1. The van der Waals surface area contributed by atoms with Gasteiger partial charge < -0.3 is 0 Å². The number of fused-ring (bicyclic) bond motifs is 1. The van der Waals surface area contributed by atoms with Crippen molar-refractivity contribution in [1.82, 2.24) is 14.8 Å². The average Bonchev–Trinajstić information content (AvgIpc) is 3.06. The van der Waals surface area contributed by atoms with E-state index in [9.17, 15) is 4.79 Å². The molecule has 0 aliphatic carbocycles. The molecule has 0 N–H and O–H groups in total. The zero-order chi connectivity index (χ0) is 13.9. The predicted octanol–water partition coefficient (Wildman–Crippen LogP) is 3.33. The first-order valence-electron chi connectivity index (χ1n) is 6.67. The maximum absolute atomic E-state index is 12.3. The number of nitrogens with zero attached hydrogens (tertiary/aromatic N) is 3. The highest BCUT2D eigenvalue weighted by molar-refractivity contribution is 7.20. The molecule has 0 fully saturated rings. The van der Waals surface area contributed by atoms with Gasteiger partial charge >= 0.3 is 0 Å². The molecular formula is C15H15N3OS. The molecule has 0 aliphatic heterocycles. The molecule has 0 saturated heterocycles. The lowest BCUT2D eigenvalue weighted by Gasteiger charge is -2.04. The minimum atomic E-state index is 0.0593. The fourth-order valence-electron chi connectivity index (χ4n) is 2.15. The summed E-state index contributed by atoms with van der Waals surface area (Å²) >= 11 is 1.46. The van der Waals surface area contributed by atoms with Crippen LogP contribution in [0.4, 0.5) is 0 Å². The summed E-state index contributed by atoms with van der Waals surface area (Å²) in [5, 5.41) is 4.82. The second-order valence-corrected chi connectivity index (χ2v) is 5.66. The number of aromatic nitrogens is 3. The lowest BCUT2D eigenvalue weighted by Crippen LogP contribution is -2.10. The van der Waals surface area contributed by atoms with E-state index in [1.54, 1.807) is 6.20 Å². The molecular weight excluding hydrogens is 270 g/mol. The standard InChI is InChI=1S/C15H15N3OS/c1-2-9-18-11(7-8-16-18)10-13(19)15-17-12-5-3-4-6-14(12)20-15/h3-8H,2,9-10H2,1H3. The van der Waals surface area contributed by atoms with E-state index < -0.39 is 0 Å². The van der Waals surface area contributed by atoms with Crippen LogP contribution in [0.25, 0.3) is 10.2 Å². The van der Waals surface area contributed by atoms with Crippen molar-refractivity contribution in [2.45, 2.75) is 26.3 Å². The number of aryl methyl sites for hydroxylation is 1. The number of Topliss-reactive ketones (excluding diaryl/α,β-unsaturated/α-hetero) is 1. The summed E-state index contributed by atoms with van der Waals surface area (Å²) in [7, 11) is 0. The van der Waals surface area contributed by atoms with Gasteiger partial charge in [0.2, 0.25) is 0 Å². The molecule has 0 radical (unpaired) electrons. The first kappa shape index (κ1) is 13.0. The molecule has 2 heterocycles. The predicted molar refractivity (Wildman–Crippen MR) is 80.2 cm³/mol. The Kier molecular flexibility index (Phi) is 3.60. The maximum Gasteiger partial charge on any atom is 0.197 e. The molecule has 0 saturated carbocycles. The zero-order valence-corrected chi connectivity index (χ0v) is 12.1. The molecule has 102 valence electrons. The van der Waals surface area contributed by atoms with Gasteiger partial charge in [0.25, 0.3) is 0 Å². The van der Waals surface area contributed by atoms with Gasteiger partial charge in [-0.25, -0.2) is 4.98 Å². The van der Waals surface area contributed by atoms with Gasteiger partial charge in [0.15, 0.2) is 10.8 Å². The normalized spacial score (nSPS) is 11.1. The van der Waals surface area contributed by atoms with Crippen LogP contribution in [-0.2, 0) is 13.0 Å². The van der Waals surface area contributed by atoms with E-state index in [4.69, 9.17) is 0 Å². The summed E-state index contributed by atoms with van der Waals surface area (Å²) in [6, 6.07) is 9.73. The molecule has 1 aromatic carbocycles. The Labute approximate surface area is 121 Å². The fraction of sp³-hybridized carbons (Fsp3) is 0.267. The van der Waals surface area contributed by atoms with Gasteiger partial charge in [0.1, 0.15) is 0 Å². The van der Waals surface area contributed by atoms with Crippen molar-refractivity contribution in [1.29, 1.82) is 0 Å². The Balaban J connectivity index is 1.83. The Morgan fingerprint density at radius 3 is 2.95 bits per heavy atom. The number of ketones is 1. The van der Waals surface area contributed by atoms with Crippen molar-refractivity contribution in [2.75, 3.05) is 0 Å². The van der Waals surface area contributed by atoms with E-state index in [1.807, 2.05) is 35.0 Å². The minimum Gasteiger partial charge on any atom is -0.291 e. The van der Waals surface area contributed by atoms with E-state index in [0.717, 1.165) is 28.9 Å². The highest BCUT2D eigenvalue weighted by atomic mass is 32.1. The maximum atomic E-state index is 12.3. The van der Waals surface area contributed by atoms with E-state index in [0.29, 0.717) is 11.4 Å². The van der Waals surface area contributed by atoms with Crippen molar-refractivity contribution >= 4 is 27.3 Å². The minimum absolute atomic E-state index is 0.0593. The second kappa shape index (κ2) is 5.54. The molecule has 0 amide bonds. The summed E-state index contributed by atoms with van der Waals surface area (Å²) in [6.07, 6.45) is 3.11. The Morgan fingerprint density at radius 1 is 1.30 bits per heavy atom. The van der Waals surface area contributed by atoms with Gasteiger partial charge in [-0.05, 0) is 24.6 Å². The number of para-hydroxylation sites is 1. The van der Waals surface area contributed by atoms with E-state index >= 15 is 0 Å². The molecule has 0 bridgehead atoms. The SMILES string of the molecule is CCCn1nccc1CC(=O)c1nc2ccccc2s1. The quantitative estimate of drug-likeness (QED) is 0.676. The number of rotatable bonds is 5. The van der Waals surface area contributed by atoms with Crippen LogP contribution >= 0.6 is 11.3 Å². The van der Waals surface area contributed by atoms with Crippen molar-refractivity contribution in [3.8, 4) is 0 Å². The highest BCUT2D eigenvalue weighted by Gasteiger charge is 2.14. The lowest BCUT2D eigenvalue weighted by atomic mass is 10.2. The van der Waals surface area contributed by atoms with E-state index in [2.05, 4.69) is 17.0 Å². The number of hydrogen-bond acceptors (Lipinski definition) is 4. The second-order valence-electron chi connectivity index (χ2n) is 4.63. The van der Waals surface area contributed by atoms with Crippen LogP contribution < -0.4 is 0 Å². The Morgan fingerprint density at radius 2 is 2.15 bits per heavy atom.